The molecule has 0 radical (unpaired) electrons. The monoisotopic (exact) mass is 285 g/mol. The smallest absolute Gasteiger partial charge is 0.157 e. The van der Waals surface area contributed by atoms with Crippen LogP contribution in [0.5, 0.6) is 0 Å². The molecule has 21 heavy (non-hydrogen) atoms. The van der Waals surface area contributed by atoms with E-state index in [1.807, 2.05) is 10.6 Å². The van der Waals surface area contributed by atoms with Gasteiger partial charge in [0.25, 0.3) is 0 Å². The fourth-order valence-corrected chi connectivity index (χ4v) is 3.25. The van der Waals surface area contributed by atoms with Crippen LogP contribution in [0.1, 0.15) is 18.2 Å². The average Bonchev–Trinajstić information content (AvgIpc) is 2.73. The second-order valence-electron chi connectivity index (χ2n) is 5.92. The van der Waals surface area contributed by atoms with Gasteiger partial charge in [0.15, 0.2) is 5.65 Å². The van der Waals surface area contributed by atoms with E-state index in [0.29, 0.717) is 0 Å². The molecule has 6 nitrogen and oxygen atoms in total. The van der Waals surface area contributed by atoms with Crippen molar-refractivity contribution in [3.8, 4) is 0 Å². The summed E-state index contributed by atoms with van der Waals surface area (Å²) in [6.07, 6.45) is 3.72. The second kappa shape index (κ2) is 4.80. The summed E-state index contributed by atoms with van der Waals surface area (Å²) in [5.74, 6) is 1.59. The van der Waals surface area contributed by atoms with Gasteiger partial charge in [-0.25, -0.2) is 4.98 Å². The molecular formula is C15H19N5O. The third kappa shape index (κ3) is 2.01. The average molecular weight is 285 g/mol. The van der Waals surface area contributed by atoms with Crippen LogP contribution < -0.4 is 10.2 Å². The first-order valence-corrected chi connectivity index (χ1v) is 7.55. The summed E-state index contributed by atoms with van der Waals surface area (Å²) in [7, 11) is 0. The zero-order valence-corrected chi connectivity index (χ0v) is 12.2. The second-order valence-corrected chi connectivity index (χ2v) is 5.92. The zero-order valence-electron chi connectivity index (χ0n) is 12.2. The number of nitrogens with one attached hydrogen (secondary N) is 1. The van der Waals surface area contributed by atoms with Gasteiger partial charge in [0.1, 0.15) is 11.6 Å². The molecule has 0 spiro atoms. The molecule has 1 fully saturated rings. The maximum atomic E-state index is 11.5. The van der Waals surface area contributed by atoms with E-state index in [-0.39, 0.29) is 11.7 Å². The minimum absolute atomic E-state index is 0.170. The van der Waals surface area contributed by atoms with Gasteiger partial charge in [-0.1, -0.05) is 0 Å². The van der Waals surface area contributed by atoms with Crippen LogP contribution in [0.2, 0.25) is 0 Å². The number of Topliss-reactive ketones (excluding diaryl/α,β-unsaturated/α-hetero) is 1. The third-order valence-electron chi connectivity index (χ3n) is 4.54. The van der Waals surface area contributed by atoms with Crippen LogP contribution in [0.15, 0.2) is 12.3 Å². The SMILES string of the molecule is CC(=O)C1CN(c2c3c(nc4ccnn24)CCNCC3)C1. The number of rotatable bonds is 2. The van der Waals surface area contributed by atoms with Crippen molar-refractivity contribution in [1.29, 1.82) is 0 Å². The molecule has 1 saturated heterocycles. The van der Waals surface area contributed by atoms with Gasteiger partial charge in [-0.05, 0) is 19.9 Å². The van der Waals surface area contributed by atoms with Gasteiger partial charge in [-0.3, -0.25) is 4.79 Å². The number of carbonyl (C=O) groups excluding carboxylic acids is 1. The Balaban J connectivity index is 1.80. The third-order valence-corrected chi connectivity index (χ3v) is 4.54. The Morgan fingerprint density at radius 3 is 2.95 bits per heavy atom. The van der Waals surface area contributed by atoms with Crippen molar-refractivity contribution in [2.75, 3.05) is 31.1 Å². The van der Waals surface area contributed by atoms with Crippen molar-refractivity contribution in [1.82, 2.24) is 19.9 Å². The quantitative estimate of drug-likeness (QED) is 0.867. The van der Waals surface area contributed by atoms with Crippen LogP contribution in [0.4, 0.5) is 5.82 Å². The van der Waals surface area contributed by atoms with Gasteiger partial charge in [0, 0.05) is 37.7 Å². The van der Waals surface area contributed by atoms with E-state index in [1.165, 1.54) is 11.3 Å². The molecule has 0 saturated carbocycles. The first-order valence-electron chi connectivity index (χ1n) is 7.55. The normalized spacial score (nSPS) is 19.2. The predicted octanol–water partition coefficient (Wildman–Crippen LogP) is 0.443. The molecule has 6 heteroatoms. The summed E-state index contributed by atoms with van der Waals surface area (Å²) in [4.78, 5) is 18.5. The number of anilines is 1. The van der Waals surface area contributed by atoms with Gasteiger partial charge in [-0.2, -0.15) is 9.61 Å². The molecule has 2 aromatic heterocycles. The Labute approximate surface area is 123 Å². The Morgan fingerprint density at radius 2 is 2.14 bits per heavy atom. The number of nitrogens with zero attached hydrogens (tertiary/aromatic N) is 4. The number of ketones is 1. The lowest BCUT2D eigenvalue weighted by Gasteiger charge is -2.40. The molecule has 0 aromatic carbocycles. The number of aromatic nitrogens is 3. The highest BCUT2D eigenvalue weighted by Gasteiger charge is 2.34. The molecule has 4 rings (SSSR count). The molecule has 0 amide bonds. The summed E-state index contributed by atoms with van der Waals surface area (Å²) in [5, 5.41) is 7.87. The van der Waals surface area contributed by atoms with Gasteiger partial charge in [0.2, 0.25) is 0 Å². The fraction of sp³-hybridized carbons (Fsp3) is 0.533. The highest BCUT2D eigenvalue weighted by atomic mass is 16.1. The molecule has 0 bridgehead atoms. The van der Waals surface area contributed by atoms with E-state index in [1.54, 1.807) is 13.1 Å². The summed E-state index contributed by atoms with van der Waals surface area (Å²) in [5.41, 5.74) is 3.37. The van der Waals surface area contributed by atoms with Crippen LogP contribution in [0.25, 0.3) is 5.65 Å². The summed E-state index contributed by atoms with van der Waals surface area (Å²) in [6, 6.07) is 1.95. The predicted molar refractivity (Wildman–Crippen MR) is 79.6 cm³/mol. The Morgan fingerprint density at radius 1 is 1.33 bits per heavy atom. The number of hydrogen-bond donors (Lipinski definition) is 1. The lowest BCUT2D eigenvalue weighted by Crippen LogP contribution is -2.51. The van der Waals surface area contributed by atoms with Crippen molar-refractivity contribution >= 4 is 17.2 Å². The number of hydrogen-bond acceptors (Lipinski definition) is 5. The topological polar surface area (TPSA) is 62.5 Å². The maximum absolute atomic E-state index is 11.5. The van der Waals surface area contributed by atoms with Gasteiger partial charge in [-0.15, -0.1) is 0 Å². The molecule has 0 atom stereocenters. The van der Waals surface area contributed by atoms with E-state index in [4.69, 9.17) is 4.98 Å². The Hall–Kier alpha value is -1.95. The summed E-state index contributed by atoms with van der Waals surface area (Å²) in [6.45, 7) is 5.23. The minimum Gasteiger partial charge on any atom is -0.355 e. The van der Waals surface area contributed by atoms with Gasteiger partial charge in [0.05, 0.1) is 17.8 Å². The Kier molecular flexibility index (Phi) is 2.92. The van der Waals surface area contributed by atoms with E-state index in [9.17, 15) is 4.79 Å². The van der Waals surface area contributed by atoms with Crippen molar-refractivity contribution < 1.29 is 4.79 Å². The standard InChI is InChI=1S/C15H19N5O/c1-10(21)11-8-19(9-11)15-12-2-5-16-6-3-13(12)18-14-4-7-17-20(14)15/h4,7,11,16H,2-3,5-6,8-9H2,1H3. The first kappa shape index (κ1) is 12.8. The van der Waals surface area contributed by atoms with Crippen molar-refractivity contribution in [3.63, 3.8) is 0 Å². The van der Waals surface area contributed by atoms with Gasteiger partial charge >= 0.3 is 0 Å². The molecule has 1 N–H and O–H groups in total. The van der Waals surface area contributed by atoms with Crippen LogP contribution in [0.3, 0.4) is 0 Å². The van der Waals surface area contributed by atoms with Crippen molar-refractivity contribution in [2.24, 2.45) is 5.92 Å². The van der Waals surface area contributed by atoms with Crippen molar-refractivity contribution in [3.05, 3.63) is 23.5 Å². The first-order chi connectivity index (χ1) is 10.2. The molecule has 0 aliphatic carbocycles. The molecule has 2 aliphatic rings. The molecule has 4 heterocycles. The van der Waals surface area contributed by atoms with E-state index in [2.05, 4.69) is 15.3 Å². The largest absolute Gasteiger partial charge is 0.355 e. The molecule has 2 aromatic rings. The fourth-order valence-electron chi connectivity index (χ4n) is 3.25. The molecule has 0 unspecified atom stereocenters. The van der Waals surface area contributed by atoms with Crippen LogP contribution in [0, 0.1) is 5.92 Å². The number of fused-ring (bicyclic) bond motifs is 2. The van der Waals surface area contributed by atoms with E-state index >= 15 is 0 Å². The van der Waals surface area contributed by atoms with E-state index in [0.717, 1.165) is 50.5 Å². The zero-order chi connectivity index (χ0) is 14.4. The Bertz CT molecular complexity index is 701. The highest BCUT2D eigenvalue weighted by molar-refractivity contribution is 5.81. The molecular weight excluding hydrogens is 266 g/mol. The maximum Gasteiger partial charge on any atom is 0.157 e. The lowest BCUT2D eigenvalue weighted by atomic mass is 9.95. The van der Waals surface area contributed by atoms with Crippen LogP contribution in [-0.2, 0) is 17.6 Å². The van der Waals surface area contributed by atoms with Gasteiger partial charge < -0.3 is 10.2 Å². The summed E-state index contributed by atoms with van der Waals surface area (Å²) >= 11 is 0. The molecule has 110 valence electrons. The van der Waals surface area contributed by atoms with E-state index < -0.39 is 0 Å². The summed E-state index contributed by atoms with van der Waals surface area (Å²) < 4.78 is 1.93. The highest BCUT2D eigenvalue weighted by Crippen LogP contribution is 2.31. The van der Waals surface area contributed by atoms with Crippen molar-refractivity contribution in [2.45, 2.75) is 19.8 Å². The lowest BCUT2D eigenvalue weighted by molar-refractivity contribution is -0.121. The molecule has 2 aliphatic heterocycles. The van der Waals surface area contributed by atoms with Crippen LogP contribution in [-0.4, -0.2) is 46.6 Å². The number of carbonyl (C=O) groups is 1. The minimum atomic E-state index is 0.170. The van der Waals surface area contributed by atoms with Crippen LogP contribution >= 0.6 is 0 Å².